The Morgan fingerprint density at radius 1 is 1.40 bits per heavy atom. The van der Waals surface area contributed by atoms with Crippen molar-refractivity contribution < 1.29 is 19.1 Å². The molecular formula is C16H28O4. The number of esters is 2. The quantitative estimate of drug-likeness (QED) is 0.702. The smallest absolute Gasteiger partial charge is 0.347 e. The fraction of sp³-hybridized carbons (Fsp3) is 0.875. The van der Waals surface area contributed by atoms with Gasteiger partial charge in [-0.15, -0.1) is 0 Å². The van der Waals surface area contributed by atoms with Crippen LogP contribution >= 0.6 is 0 Å². The van der Waals surface area contributed by atoms with Crippen LogP contribution in [0.5, 0.6) is 0 Å². The van der Waals surface area contributed by atoms with Gasteiger partial charge in [0.1, 0.15) is 0 Å². The van der Waals surface area contributed by atoms with Crippen LogP contribution in [0.2, 0.25) is 0 Å². The van der Waals surface area contributed by atoms with Crippen molar-refractivity contribution in [1.29, 1.82) is 0 Å². The minimum Gasteiger partial charge on any atom is -0.463 e. The first-order chi connectivity index (χ1) is 9.12. The predicted octanol–water partition coefficient (Wildman–Crippen LogP) is 3.33. The van der Waals surface area contributed by atoms with E-state index >= 15 is 0 Å². The Hall–Kier alpha value is -1.06. The van der Waals surface area contributed by atoms with Crippen LogP contribution in [0.25, 0.3) is 0 Å². The third kappa shape index (κ3) is 3.74. The highest BCUT2D eigenvalue weighted by Crippen LogP contribution is 2.42. The van der Waals surface area contributed by atoms with Gasteiger partial charge < -0.3 is 9.47 Å². The summed E-state index contributed by atoms with van der Waals surface area (Å²) in [5.41, 5.74) is -0.517. The van der Waals surface area contributed by atoms with Gasteiger partial charge in [-0.2, -0.15) is 0 Å². The molecule has 1 fully saturated rings. The molecule has 20 heavy (non-hydrogen) atoms. The highest BCUT2D eigenvalue weighted by atomic mass is 16.6. The van der Waals surface area contributed by atoms with Gasteiger partial charge in [-0.05, 0) is 24.7 Å². The third-order valence-electron chi connectivity index (χ3n) is 4.68. The van der Waals surface area contributed by atoms with Gasteiger partial charge in [-0.3, -0.25) is 4.79 Å². The molecular weight excluding hydrogens is 256 g/mol. The first kappa shape index (κ1) is 17.0. The van der Waals surface area contributed by atoms with E-state index in [0.717, 1.165) is 12.8 Å². The van der Waals surface area contributed by atoms with Gasteiger partial charge in [0.05, 0.1) is 12.0 Å². The number of hydrogen-bond acceptors (Lipinski definition) is 4. The van der Waals surface area contributed by atoms with E-state index in [4.69, 9.17) is 9.47 Å². The minimum atomic E-state index is -0.717. The molecule has 0 amide bonds. The maximum atomic E-state index is 12.6. The van der Waals surface area contributed by atoms with Gasteiger partial charge in [0.2, 0.25) is 6.10 Å². The summed E-state index contributed by atoms with van der Waals surface area (Å²) in [5, 5.41) is 0. The number of hydrogen-bond donors (Lipinski definition) is 0. The van der Waals surface area contributed by atoms with Crippen LogP contribution in [0.15, 0.2) is 0 Å². The van der Waals surface area contributed by atoms with Gasteiger partial charge in [0.25, 0.3) is 0 Å². The molecule has 1 aliphatic rings. The summed E-state index contributed by atoms with van der Waals surface area (Å²) in [4.78, 5) is 24.0. The second kappa shape index (κ2) is 6.15. The average Bonchev–Trinajstić information content (AvgIpc) is 2.74. The Morgan fingerprint density at radius 2 is 2.00 bits per heavy atom. The predicted molar refractivity (Wildman–Crippen MR) is 77.1 cm³/mol. The standard InChI is InChI=1S/C16H28O4/c1-7-15(4,5)10-16(6,11(2)3)14(18)20-12-8-9-19-13(12)17/h11-12H,7-10H2,1-6H3. The lowest BCUT2D eigenvalue weighted by Gasteiger charge is -2.38. The largest absolute Gasteiger partial charge is 0.463 e. The highest BCUT2D eigenvalue weighted by Gasteiger charge is 2.44. The molecule has 0 aromatic rings. The van der Waals surface area contributed by atoms with Crippen molar-refractivity contribution in [1.82, 2.24) is 0 Å². The Kier molecular flexibility index (Phi) is 5.22. The molecule has 2 atom stereocenters. The molecule has 1 saturated heterocycles. The van der Waals surface area contributed by atoms with Gasteiger partial charge in [0.15, 0.2) is 0 Å². The van der Waals surface area contributed by atoms with Gasteiger partial charge in [-0.25, -0.2) is 4.79 Å². The molecule has 0 bridgehead atoms. The zero-order chi connectivity index (χ0) is 15.6. The van der Waals surface area contributed by atoms with E-state index < -0.39 is 17.5 Å². The lowest BCUT2D eigenvalue weighted by molar-refractivity contribution is -0.171. The summed E-state index contributed by atoms with van der Waals surface area (Å²) in [6.07, 6.45) is 1.49. The molecule has 1 aliphatic heterocycles. The van der Waals surface area contributed by atoms with Crippen LogP contribution < -0.4 is 0 Å². The topological polar surface area (TPSA) is 52.6 Å². The molecule has 0 aromatic carbocycles. The molecule has 4 nitrogen and oxygen atoms in total. The molecule has 0 N–H and O–H groups in total. The summed E-state index contributed by atoms with van der Waals surface area (Å²) < 4.78 is 10.3. The zero-order valence-corrected chi connectivity index (χ0v) is 13.6. The van der Waals surface area contributed by atoms with Crippen LogP contribution in [0.1, 0.15) is 60.8 Å². The average molecular weight is 284 g/mol. The van der Waals surface area contributed by atoms with Gasteiger partial charge in [-0.1, -0.05) is 41.0 Å². The van der Waals surface area contributed by atoms with Crippen LogP contribution in [-0.4, -0.2) is 24.6 Å². The maximum Gasteiger partial charge on any atom is 0.347 e. The number of ether oxygens (including phenoxy) is 2. The van der Waals surface area contributed by atoms with E-state index in [1.165, 1.54) is 0 Å². The SMILES string of the molecule is CCC(C)(C)CC(C)(C(=O)OC1CCOC1=O)C(C)C. The molecule has 116 valence electrons. The van der Waals surface area contributed by atoms with E-state index in [1.807, 2.05) is 20.8 Å². The lowest BCUT2D eigenvalue weighted by atomic mass is 9.67. The second-order valence-corrected chi connectivity index (χ2v) is 7.12. The molecule has 0 spiro atoms. The Labute approximate surface area is 122 Å². The second-order valence-electron chi connectivity index (χ2n) is 7.12. The summed E-state index contributed by atoms with van der Waals surface area (Å²) >= 11 is 0. The van der Waals surface area contributed by atoms with E-state index in [9.17, 15) is 9.59 Å². The fourth-order valence-electron chi connectivity index (χ4n) is 2.48. The molecule has 4 heteroatoms. The first-order valence-electron chi connectivity index (χ1n) is 7.50. The Bertz CT molecular complexity index is 373. The molecule has 0 saturated carbocycles. The first-order valence-corrected chi connectivity index (χ1v) is 7.50. The fourth-order valence-corrected chi connectivity index (χ4v) is 2.48. The van der Waals surface area contributed by atoms with E-state index in [2.05, 4.69) is 20.8 Å². The van der Waals surface area contributed by atoms with Crippen LogP contribution in [0, 0.1) is 16.7 Å². The lowest BCUT2D eigenvalue weighted by Crippen LogP contribution is -2.41. The Balaban J connectivity index is 2.83. The number of carbonyl (C=O) groups excluding carboxylic acids is 2. The number of cyclic esters (lactones) is 1. The summed E-state index contributed by atoms with van der Waals surface area (Å²) in [6, 6.07) is 0. The normalized spacial score (nSPS) is 22.6. The maximum absolute atomic E-state index is 12.6. The number of rotatable bonds is 6. The summed E-state index contributed by atoms with van der Waals surface area (Å²) in [7, 11) is 0. The van der Waals surface area contributed by atoms with Crippen molar-refractivity contribution in [3.05, 3.63) is 0 Å². The number of carbonyl (C=O) groups is 2. The third-order valence-corrected chi connectivity index (χ3v) is 4.68. The van der Waals surface area contributed by atoms with E-state index in [-0.39, 0.29) is 17.3 Å². The van der Waals surface area contributed by atoms with Crippen molar-refractivity contribution in [3.8, 4) is 0 Å². The van der Waals surface area contributed by atoms with Crippen LogP contribution in [-0.2, 0) is 19.1 Å². The molecule has 1 rings (SSSR count). The van der Waals surface area contributed by atoms with Gasteiger partial charge in [0, 0.05) is 6.42 Å². The van der Waals surface area contributed by atoms with Crippen LogP contribution in [0.3, 0.4) is 0 Å². The monoisotopic (exact) mass is 284 g/mol. The van der Waals surface area contributed by atoms with Crippen molar-refractivity contribution in [3.63, 3.8) is 0 Å². The Morgan fingerprint density at radius 3 is 2.40 bits per heavy atom. The highest BCUT2D eigenvalue weighted by molar-refractivity contribution is 5.83. The molecule has 0 aromatic heterocycles. The molecule has 0 radical (unpaired) electrons. The zero-order valence-electron chi connectivity index (χ0n) is 13.6. The van der Waals surface area contributed by atoms with Crippen LogP contribution in [0.4, 0.5) is 0 Å². The van der Waals surface area contributed by atoms with E-state index in [0.29, 0.717) is 13.0 Å². The van der Waals surface area contributed by atoms with E-state index in [1.54, 1.807) is 0 Å². The van der Waals surface area contributed by atoms with Crippen molar-refractivity contribution >= 4 is 11.9 Å². The molecule has 1 heterocycles. The van der Waals surface area contributed by atoms with Crippen molar-refractivity contribution in [2.24, 2.45) is 16.7 Å². The van der Waals surface area contributed by atoms with Crippen molar-refractivity contribution in [2.45, 2.75) is 66.9 Å². The summed E-state index contributed by atoms with van der Waals surface area (Å²) in [6.45, 7) is 12.8. The summed E-state index contributed by atoms with van der Waals surface area (Å²) in [5.74, 6) is -0.546. The van der Waals surface area contributed by atoms with Crippen molar-refractivity contribution in [2.75, 3.05) is 6.61 Å². The molecule has 2 unspecified atom stereocenters. The molecule has 0 aliphatic carbocycles. The van der Waals surface area contributed by atoms with Gasteiger partial charge >= 0.3 is 11.9 Å². The minimum absolute atomic E-state index is 0.0637.